The molecule has 0 aliphatic rings. The third kappa shape index (κ3) is 2.68. The van der Waals surface area contributed by atoms with Crippen LogP contribution in [0.4, 0.5) is 0 Å². The van der Waals surface area contributed by atoms with E-state index in [2.05, 4.69) is 14.5 Å². The van der Waals surface area contributed by atoms with Crippen LogP contribution in [0.5, 0.6) is 0 Å². The molecule has 0 aliphatic carbocycles. The lowest BCUT2D eigenvalue weighted by Gasteiger charge is -2.05. The van der Waals surface area contributed by atoms with E-state index in [-0.39, 0.29) is 23.7 Å². The molecule has 1 aromatic heterocycles. The summed E-state index contributed by atoms with van der Waals surface area (Å²) < 4.78 is 10.3. The number of nitrogens with zero attached hydrogens (tertiary/aromatic N) is 2. The van der Waals surface area contributed by atoms with E-state index in [1.165, 1.54) is 32.0 Å². The van der Waals surface area contributed by atoms with E-state index in [1.807, 2.05) is 0 Å². The zero-order valence-corrected chi connectivity index (χ0v) is 9.72. The number of hydrogen-bond acceptors (Lipinski definition) is 6. The highest BCUT2D eigenvalue weighted by Gasteiger charge is 2.25. The second-order valence-corrected chi connectivity index (χ2v) is 3.25. The first kappa shape index (κ1) is 12.9. The van der Waals surface area contributed by atoms with Crippen LogP contribution in [-0.2, 0) is 20.8 Å². The van der Waals surface area contributed by atoms with Crippen molar-refractivity contribution in [2.45, 2.75) is 13.5 Å². The molecular formula is C10H12N2O5. The number of aromatic nitrogens is 2. The Hall–Kier alpha value is -2.18. The van der Waals surface area contributed by atoms with Gasteiger partial charge in [0, 0.05) is 0 Å². The standard InChI is InChI=1S/C10H12N2O5/c1-6(13)4-12-5-11-7(9(14)16-2)8(12)10(15)17-3/h5H,4H2,1-3H3. The minimum Gasteiger partial charge on any atom is -0.464 e. The van der Waals surface area contributed by atoms with Gasteiger partial charge in [0.1, 0.15) is 5.78 Å². The monoisotopic (exact) mass is 240 g/mol. The van der Waals surface area contributed by atoms with Gasteiger partial charge in [-0.3, -0.25) is 4.79 Å². The molecule has 17 heavy (non-hydrogen) atoms. The van der Waals surface area contributed by atoms with Gasteiger partial charge in [-0.1, -0.05) is 0 Å². The van der Waals surface area contributed by atoms with E-state index < -0.39 is 11.9 Å². The van der Waals surface area contributed by atoms with Gasteiger partial charge >= 0.3 is 11.9 Å². The molecule has 0 amide bonds. The highest BCUT2D eigenvalue weighted by atomic mass is 16.5. The molecule has 1 rings (SSSR count). The van der Waals surface area contributed by atoms with Gasteiger partial charge in [0.05, 0.1) is 27.1 Å². The van der Waals surface area contributed by atoms with E-state index in [9.17, 15) is 14.4 Å². The summed E-state index contributed by atoms with van der Waals surface area (Å²) in [6.07, 6.45) is 1.22. The maximum Gasteiger partial charge on any atom is 0.359 e. The average molecular weight is 240 g/mol. The van der Waals surface area contributed by atoms with Crippen LogP contribution >= 0.6 is 0 Å². The van der Waals surface area contributed by atoms with Crippen LogP contribution in [0, 0.1) is 0 Å². The summed E-state index contributed by atoms with van der Waals surface area (Å²) in [5, 5.41) is 0. The van der Waals surface area contributed by atoms with Crippen LogP contribution < -0.4 is 0 Å². The summed E-state index contributed by atoms with van der Waals surface area (Å²) in [4.78, 5) is 37.6. The zero-order valence-electron chi connectivity index (χ0n) is 9.72. The number of Topliss-reactive ketones (excluding diaryl/α,β-unsaturated/α-hetero) is 1. The molecule has 0 spiro atoms. The normalized spacial score (nSPS) is 9.82. The Morgan fingerprint density at radius 3 is 2.29 bits per heavy atom. The Balaban J connectivity index is 3.24. The maximum atomic E-state index is 11.5. The van der Waals surface area contributed by atoms with E-state index in [4.69, 9.17) is 0 Å². The van der Waals surface area contributed by atoms with Gasteiger partial charge < -0.3 is 14.0 Å². The van der Waals surface area contributed by atoms with E-state index in [1.54, 1.807) is 0 Å². The first-order chi connectivity index (χ1) is 8.01. The van der Waals surface area contributed by atoms with Gasteiger partial charge in [0.2, 0.25) is 0 Å². The van der Waals surface area contributed by atoms with Crippen molar-refractivity contribution in [3.8, 4) is 0 Å². The molecule has 0 atom stereocenters. The first-order valence-electron chi connectivity index (χ1n) is 4.72. The predicted molar refractivity (Wildman–Crippen MR) is 55.6 cm³/mol. The Morgan fingerprint density at radius 2 is 1.82 bits per heavy atom. The summed E-state index contributed by atoms with van der Waals surface area (Å²) in [5.74, 6) is -1.68. The molecule has 0 N–H and O–H groups in total. The van der Waals surface area contributed by atoms with E-state index >= 15 is 0 Å². The molecular weight excluding hydrogens is 228 g/mol. The number of imidazole rings is 1. The molecule has 1 heterocycles. The molecule has 0 aromatic carbocycles. The largest absolute Gasteiger partial charge is 0.464 e. The Labute approximate surface area is 97.3 Å². The van der Waals surface area contributed by atoms with Crippen molar-refractivity contribution in [2.24, 2.45) is 0 Å². The molecule has 0 aliphatic heterocycles. The van der Waals surface area contributed by atoms with Crippen molar-refractivity contribution in [3.05, 3.63) is 17.7 Å². The van der Waals surface area contributed by atoms with Crippen LogP contribution in [-0.4, -0.2) is 41.5 Å². The fraction of sp³-hybridized carbons (Fsp3) is 0.400. The number of ketones is 1. The van der Waals surface area contributed by atoms with Crippen molar-refractivity contribution in [1.82, 2.24) is 9.55 Å². The quantitative estimate of drug-likeness (QED) is 0.691. The Morgan fingerprint density at radius 1 is 1.24 bits per heavy atom. The fourth-order valence-corrected chi connectivity index (χ4v) is 1.30. The molecule has 0 radical (unpaired) electrons. The van der Waals surface area contributed by atoms with Gasteiger partial charge in [-0.05, 0) is 6.92 Å². The van der Waals surface area contributed by atoms with Crippen molar-refractivity contribution in [1.29, 1.82) is 0 Å². The number of rotatable bonds is 4. The molecule has 0 saturated heterocycles. The molecule has 0 bridgehead atoms. The molecule has 0 unspecified atom stereocenters. The third-order valence-corrected chi connectivity index (χ3v) is 1.99. The second-order valence-electron chi connectivity index (χ2n) is 3.25. The van der Waals surface area contributed by atoms with Crippen LogP contribution in [0.2, 0.25) is 0 Å². The van der Waals surface area contributed by atoms with Crippen molar-refractivity contribution >= 4 is 17.7 Å². The number of carbonyl (C=O) groups excluding carboxylic acids is 3. The fourth-order valence-electron chi connectivity index (χ4n) is 1.30. The lowest BCUT2D eigenvalue weighted by Crippen LogP contribution is -2.17. The third-order valence-electron chi connectivity index (χ3n) is 1.99. The van der Waals surface area contributed by atoms with Gasteiger partial charge in [0.25, 0.3) is 0 Å². The maximum absolute atomic E-state index is 11.5. The number of esters is 2. The molecule has 0 saturated carbocycles. The SMILES string of the molecule is COC(=O)c1ncn(CC(C)=O)c1C(=O)OC. The molecule has 7 nitrogen and oxygen atoms in total. The summed E-state index contributed by atoms with van der Waals surface area (Å²) in [6, 6.07) is 0. The molecule has 7 heteroatoms. The molecule has 1 aromatic rings. The summed E-state index contributed by atoms with van der Waals surface area (Å²) in [6.45, 7) is 1.30. The van der Waals surface area contributed by atoms with Gasteiger partial charge in [0.15, 0.2) is 11.4 Å². The predicted octanol–water partition coefficient (Wildman–Crippen LogP) is 0.0453. The number of carbonyl (C=O) groups is 3. The zero-order chi connectivity index (χ0) is 13.0. The average Bonchev–Trinajstić information content (AvgIpc) is 2.69. The van der Waals surface area contributed by atoms with Crippen LogP contribution in [0.3, 0.4) is 0 Å². The van der Waals surface area contributed by atoms with Crippen LogP contribution in [0.15, 0.2) is 6.33 Å². The first-order valence-corrected chi connectivity index (χ1v) is 4.72. The van der Waals surface area contributed by atoms with Gasteiger partial charge in [-0.15, -0.1) is 0 Å². The van der Waals surface area contributed by atoms with Crippen LogP contribution in [0.25, 0.3) is 0 Å². The summed E-state index contributed by atoms with van der Waals surface area (Å²) in [5.41, 5.74) is -0.254. The van der Waals surface area contributed by atoms with Crippen molar-refractivity contribution < 1.29 is 23.9 Å². The number of hydrogen-bond donors (Lipinski definition) is 0. The van der Waals surface area contributed by atoms with Gasteiger partial charge in [-0.2, -0.15) is 0 Å². The summed E-state index contributed by atoms with van der Waals surface area (Å²) in [7, 11) is 2.35. The number of methoxy groups -OCH3 is 2. The topological polar surface area (TPSA) is 87.5 Å². The van der Waals surface area contributed by atoms with E-state index in [0.29, 0.717) is 0 Å². The van der Waals surface area contributed by atoms with Crippen molar-refractivity contribution in [2.75, 3.05) is 14.2 Å². The smallest absolute Gasteiger partial charge is 0.359 e. The Kier molecular flexibility index (Phi) is 3.97. The van der Waals surface area contributed by atoms with Gasteiger partial charge in [-0.25, -0.2) is 14.6 Å². The minimum absolute atomic E-state index is 0.0611. The van der Waals surface area contributed by atoms with Crippen LogP contribution in [0.1, 0.15) is 27.9 Å². The number of ether oxygens (including phenoxy) is 2. The Bertz CT molecular complexity index is 463. The second kappa shape index (κ2) is 5.24. The van der Waals surface area contributed by atoms with Crippen molar-refractivity contribution in [3.63, 3.8) is 0 Å². The molecule has 0 fully saturated rings. The summed E-state index contributed by atoms with van der Waals surface area (Å²) >= 11 is 0. The lowest BCUT2D eigenvalue weighted by molar-refractivity contribution is -0.117. The molecule has 92 valence electrons. The highest BCUT2D eigenvalue weighted by molar-refractivity contribution is 6.00. The highest BCUT2D eigenvalue weighted by Crippen LogP contribution is 2.10. The lowest BCUT2D eigenvalue weighted by atomic mass is 10.3. The van der Waals surface area contributed by atoms with E-state index in [0.717, 1.165) is 0 Å². The minimum atomic E-state index is -0.757.